The van der Waals surface area contributed by atoms with Crippen molar-refractivity contribution in [3.63, 3.8) is 0 Å². The van der Waals surface area contributed by atoms with Crippen LogP contribution in [0.15, 0.2) is 39.1 Å². The first-order chi connectivity index (χ1) is 9.95. The molecule has 0 radical (unpaired) electrons. The van der Waals surface area contributed by atoms with E-state index >= 15 is 0 Å². The van der Waals surface area contributed by atoms with Crippen LogP contribution in [-0.4, -0.2) is 16.0 Å². The van der Waals surface area contributed by atoms with Crippen LogP contribution in [0.2, 0.25) is 5.02 Å². The van der Waals surface area contributed by atoms with Crippen molar-refractivity contribution in [1.82, 2.24) is 15.3 Å². The normalized spacial score (nSPS) is 11.1. The fourth-order valence-electron chi connectivity index (χ4n) is 1.82. The molecule has 0 atom stereocenters. The molecule has 1 aromatic carbocycles. The van der Waals surface area contributed by atoms with Gasteiger partial charge in [-0.1, -0.05) is 37.6 Å². The Bertz CT molecular complexity index is 685. The molecule has 6 heteroatoms. The van der Waals surface area contributed by atoms with Gasteiger partial charge in [-0.25, -0.2) is 4.98 Å². The van der Waals surface area contributed by atoms with Crippen molar-refractivity contribution in [2.75, 3.05) is 0 Å². The summed E-state index contributed by atoms with van der Waals surface area (Å²) in [5.41, 5.74) is 1.62. The Kier molecular flexibility index (Phi) is 5.45. The Hall–Kier alpha value is -1.30. The molecule has 112 valence electrons. The van der Waals surface area contributed by atoms with E-state index in [0.29, 0.717) is 21.9 Å². The molecule has 0 amide bonds. The molecule has 0 bridgehead atoms. The van der Waals surface area contributed by atoms with Crippen molar-refractivity contribution in [2.24, 2.45) is 0 Å². The number of aromatic amines is 1. The smallest absolute Gasteiger partial charge is 0.251 e. The van der Waals surface area contributed by atoms with E-state index in [9.17, 15) is 4.79 Å². The summed E-state index contributed by atoms with van der Waals surface area (Å²) in [5, 5.41) is 4.59. The molecule has 2 rings (SSSR count). The summed E-state index contributed by atoms with van der Waals surface area (Å²) in [4.78, 5) is 19.5. The number of nitrogens with zero attached hydrogens (tertiary/aromatic N) is 1. The molecule has 2 N–H and O–H groups in total. The van der Waals surface area contributed by atoms with Crippen LogP contribution in [0.1, 0.15) is 25.1 Å². The summed E-state index contributed by atoms with van der Waals surface area (Å²) in [6.45, 7) is 6.71. The van der Waals surface area contributed by atoms with Gasteiger partial charge in [-0.15, -0.1) is 0 Å². The lowest BCUT2D eigenvalue weighted by molar-refractivity contribution is 0.584. The first-order valence-corrected chi connectivity index (χ1v) is 7.91. The Morgan fingerprint density at radius 2 is 2.19 bits per heavy atom. The maximum Gasteiger partial charge on any atom is 0.251 e. The molecule has 0 aliphatic rings. The van der Waals surface area contributed by atoms with Crippen molar-refractivity contribution in [3.8, 4) is 0 Å². The van der Waals surface area contributed by atoms with Gasteiger partial charge in [-0.2, -0.15) is 0 Å². The van der Waals surface area contributed by atoms with Crippen LogP contribution in [0.5, 0.6) is 0 Å². The zero-order valence-electron chi connectivity index (χ0n) is 12.2. The van der Waals surface area contributed by atoms with Gasteiger partial charge in [0.15, 0.2) is 5.16 Å². The van der Waals surface area contributed by atoms with E-state index in [2.05, 4.69) is 29.1 Å². The fraction of sp³-hybridized carbons (Fsp3) is 0.333. The minimum Gasteiger partial charge on any atom is -0.310 e. The van der Waals surface area contributed by atoms with E-state index in [1.54, 1.807) is 6.92 Å². The lowest BCUT2D eigenvalue weighted by atomic mass is 10.2. The number of nitrogens with one attached hydrogen (secondary N) is 2. The standard InChI is InChI=1S/C15H18ClN3OS/c1-9(2)17-8-11-5-4-6-12(16)14(11)21-15-18-10(3)7-13(20)19-15/h4-7,9,17H,8H2,1-3H3,(H,18,19,20). The maximum absolute atomic E-state index is 11.5. The molecule has 0 aliphatic heterocycles. The van der Waals surface area contributed by atoms with Crippen LogP contribution in [0, 0.1) is 6.92 Å². The summed E-state index contributed by atoms with van der Waals surface area (Å²) >= 11 is 7.69. The number of halogens is 1. The fourth-order valence-corrected chi connectivity index (χ4v) is 3.10. The molecule has 0 unspecified atom stereocenters. The topological polar surface area (TPSA) is 57.8 Å². The molecule has 2 aromatic rings. The van der Waals surface area contributed by atoms with E-state index in [4.69, 9.17) is 11.6 Å². The number of H-pyrrole nitrogens is 1. The Balaban J connectivity index is 2.31. The lowest BCUT2D eigenvalue weighted by Crippen LogP contribution is -2.22. The summed E-state index contributed by atoms with van der Waals surface area (Å²) in [5.74, 6) is 0. The van der Waals surface area contributed by atoms with Crippen LogP contribution < -0.4 is 10.9 Å². The third-order valence-electron chi connectivity index (χ3n) is 2.80. The van der Waals surface area contributed by atoms with Crippen molar-refractivity contribution < 1.29 is 0 Å². The second-order valence-corrected chi connectivity index (χ2v) is 6.46. The summed E-state index contributed by atoms with van der Waals surface area (Å²) in [6.07, 6.45) is 0. The molecular weight excluding hydrogens is 306 g/mol. The quantitative estimate of drug-likeness (QED) is 0.828. The van der Waals surface area contributed by atoms with Gasteiger partial charge in [0.2, 0.25) is 0 Å². The van der Waals surface area contributed by atoms with E-state index in [0.717, 1.165) is 17.0 Å². The molecule has 0 saturated heterocycles. The monoisotopic (exact) mass is 323 g/mol. The average Bonchev–Trinajstić information content (AvgIpc) is 2.38. The highest BCUT2D eigenvalue weighted by Crippen LogP contribution is 2.34. The van der Waals surface area contributed by atoms with Crippen LogP contribution in [0.25, 0.3) is 0 Å². The van der Waals surface area contributed by atoms with Crippen LogP contribution in [-0.2, 0) is 6.54 Å². The first kappa shape index (κ1) is 16.1. The van der Waals surface area contributed by atoms with Crippen LogP contribution in [0.3, 0.4) is 0 Å². The van der Waals surface area contributed by atoms with Gasteiger partial charge in [-0.3, -0.25) is 4.79 Å². The number of aryl methyl sites for hydroxylation is 1. The number of aromatic nitrogens is 2. The molecule has 21 heavy (non-hydrogen) atoms. The van der Waals surface area contributed by atoms with Gasteiger partial charge < -0.3 is 10.3 Å². The van der Waals surface area contributed by atoms with Crippen molar-refractivity contribution >= 4 is 23.4 Å². The molecule has 0 aliphatic carbocycles. The van der Waals surface area contributed by atoms with Gasteiger partial charge in [0, 0.05) is 29.2 Å². The minimum absolute atomic E-state index is 0.154. The molecule has 1 heterocycles. The number of benzene rings is 1. The van der Waals surface area contributed by atoms with E-state index in [1.165, 1.54) is 17.8 Å². The van der Waals surface area contributed by atoms with Crippen LogP contribution >= 0.6 is 23.4 Å². The number of hydrogen-bond acceptors (Lipinski definition) is 4. The molecule has 4 nitrogen and oxygen atoms in total. The second kappa shape index (κ2) is 7.11. The van der Waals surface area contributed by atoms with Crippen molar-refractivity contribution in [1.29, 1.82) is 0 Å². The maximum atomic E-state index is 11.5. The largest absolute Gasteiger partial charge is 0.310 e. The van der Waals surface area contributed by atoms with E-state index in [-0.39, 0.29) is 5.56 Å². The van der Waals surface area contributed by atoms with Gasteiger partial charge in [0.05, 0.1) is 5.02 Å². The van der Waals surface area contributed by atoms with Gasteiger partial charge in [0.1, 0.15) is 0 Å². The highest BCUT2D eigenvalue weighted by molar-refractivity contribution is 7.99. The second-order valence-electron chi connectivity index (χ2n) is 5.06. The number of rotatable bonds is 5. The Morgan fingerprint density at radius 1 is 1.43 bits per heavy atom. The third kappa shape index (κ3) is 4.59. The summed E-state index contributed by atoms with van der Waals surface area (Å²) in [6, 6.07) is 7.65. The highest BCUT2D eigenvalue weighted by atomic mass is 35.5. The average molecular weight is 324 g/mol. The van der Waals surface area contributed by atoms with Crippen molar-refractivity contribution in [3.05, 3.63) is 50.9 Å². The minimum atomic E-state index is -0.154. The van der Waals surface area contributed by atoms with Gasteiger partial charge >= 0.3 is 0 Å². The van der Waals surface area contributed by atoms with E-state index in [1.807, 2.05) is 18.2 Å². The third-order valence-corrected chi connectivity index (χ3v) is 4.30. The van der Waals surface area contributed by atoms with Gasteiger partial charge in [0.25, 0.3) is 5.56 Å². The molecule has 0 spiro atoms. The molecule has 0 fully saturated rings. The summed E-state index contributed by atoms with van der Waals surface area (Å²) < 4.78 is 0. The zero-order chi connectivity index (χ0) is 15.4. The number of hydrogen-bond donors (Lipinski definition) is 2. The van der Waals surface area contributed by atoms with Gasteiger partial charge in [-0.05, 0) is 30.3 Å². The Labute approximate surface area is 133 Å². The molecule has 1 aromatic heterocycles. The van der Waals surface area contributed by atoms with Crippen LogP contribution in [0.4, 0.5) is 0 Å². The first-order valence-electron chi connectivity index (χ1n) is 6.72. The lowest BCUT2D eigenvalue weighted by Gasteiger charge is -2.13. The predicted octanol–water partition coefficient (Wildman–Crippen LogP) is 3.38. The SMILES string of the molecule is Cc1cc(=O)[nH]c(Sc2c(Cl)cccc2CNC(C)C)n1. The molecular formula is C15H18ClN3OS. The molecule has 0 saturated carbocycles. The van der Waals surface area contributed by atoms with Crippen molar-refractivity contribution in [2.45, 2.75) is 43.4 Å². The summed E-state index contributed by atoms with van der Waals surface area (Å²) in [7, 11) is 0. The highest BCUT2D eigenvalue weighted by Gasteiger charge is 2.11. The predicted molar refractivity (Wildman–Crippen MR) is 87.1 cm³/mol. The Morgan fingerprint density at radius 3 is 2.86 bits per heavy atom. The zero-order valence-corrected chi connectivity index (χ0v) is 13.8. The van der Waals surface area contributed by atoms with E-state index < -0.39 is 0 Å².